The molecule has 2 aliphatic heterocycles. The Morgan fingerprint density at radius 2 is 1.94 bits per heavy atom. The van der Waals surface area contributed by atoms with Gasteiger partial charge in [0.15, 0.2) is 11.5 Å². The third-order valence-electron chi connectivity index (χ3n) is 8.58. The number of aryl methyl sites for hydroxylation is 1. The molecule has 2 aromatic carbocycles. The first kappa shape index (κ1) is 30.3. The molecule has 1 atom stereocenters. The topological polar surface area (TPSA) is 137 Å². The number of hydrogen-bond acceptors (Lipinski definition) is 8. The number of likely N-dealkylation sites (tertiary alicyclic amines) is 1. The molecule has 4 heterocycles. The smallest absolute Gasteiger partial charge is 0.331 e. The number of allylic oxidation sites excluding steroid dienone is 1. The number of thiophene rings is 1. The summed E-state index contributed by atoms with van der Waals surface area (Å²) in [5.74, 6) is 1.46. The van der Waals surface area contributed by atoms with Crippen molar-refractivity contribution in [1.29, 1.82) is 5.26 Å². The minimum atomic E-state index is -0.403. The lowest BCUT2D eigenvalue weighted by atomic mass is 10.0. The van der Waals surface area contributed by atoms with Gasteiger partial charge in [0.1, 0.15) is 27.1 Å². The zero-order chi connectivity index (χ0) is 32.7. The molecule has 3 aliphatic rings. The van der Waals surface area contributed by atoms with Crippen LogP contribution in [0.4, 0.5) is 21.9 Å². The van der Waals surface area contributed by atoms with Crippen LogP contribution < -0.4 is 25.0 Å². The van der Waals surface area contributed by atoms with Crippen LogP contribution >= 0.6 is 11.3 Å². The van der Waals surface area contributed by atoms with Gasteiger partial charge in [-0.25, -0.2) is 9.78 Å². The number of carbonyl (C=O) groups excluding carboxylic acids is 3. The molecule has 1 saturated heterocycles. The van der Waals surface area contributed by atoms with E-state index in [1.165, 1.54) is 11.3 Å². The molecule has 1 saturated carbocycles. The first-order valence-corrected chi connectivity index (χ1v) is 16.3. The summed E-state index contributed by atoms with van der Waals surface area (Å²) in [5, 5.41) is 16.2. The van der Waals surface area contributed by atoms with E-state index in [0.29, 0.717) is 81.3 Å². The quantitative estimate of drug-likeness (QED) is 0.161. The number of amides is 4. The first-order chi connectivity index (χ1) is 22.8. The predicted octanol–water partition coefficient (Wildman–Crippen LogP) is 6.67. The van der Waals surface area contributed by atoms with Gasteiger partial charge in [0.05, 0.1) is 29.6 Å². The van der Waals surface area contributed by atoms with E-state index in [1.54, 1.807) is 41.3 Å². The maximum absolute atomic E-state index is 13.7. The molecule has 0 bridgehead atoms. The van der Waals surface area contributed by atoms with Crippen molar-refractivity contribution in [2.45, 2.75) is 38.6 Å². The molecule has 47 heavy (non-hydrogen) atoms. The Kier molecular flexibility index (Phi) is 7.99. The van der Waals surface area contributed by atoms with Gasteiger partial charge < -0.3 is 25.0 Å². The largest absolute Gasteiger partial charge is 0.493 e. The number of ether oxygens (including phenoxy) is 2. The minimum absolute atomic E-state index is 0.174. The van der Waals surface area contributed by atoms with Gasteiger partial charge in [-0.05, 0) is 80.5 Å². The van der Waals surface area contributed by atoms with Crippen LogP contribution in [-0.4, -0.2) is 54.0 Å². The molecule has 2 aromatic heterocycles. The summed E-state index contributed by atoms with van der Waals surface area (Å²) in [4.78, 5) is 49.1. The molecule has 7 rings (SSSR count). The van der Waals surface area contributed by atoms with Gasteiger partial charge >= 0.3 is 6.03 Å². The van der Waals surface area contributed by atoms with Crippen molar-refractivity contribution < 1.29 is 23.9 Å². The van der Waals surface area contributed by atoms with Gasteiger partial charge in [0.25, 0.3) is 11.8 Å². The fourth-order valence-electron chi connectivity index (χ4n) is 6.11. The van der Waals surface area contributed by atoms with Crippen molar-refractivity contribution >= 4 is 56.5 Å². The van der Waals surface area contributed by atoms with Crippen molar-refractivity contribution in [2.75, 3.05) is 30.4 Å². The highest BCUT2D eigenvalue weighted by Crippen LogP contribution is 2.46. The molecule has 0 radical (unpaired) electrons. The number of para-hydroxylation sites is 2. The van der Waals surface area contributed by atoms with Crippen molar-refractivity contribution in [3.05, 3.63) is 76.8 Å². The van der Waals surface area contributed by atoms with Gasteiger partial charge in [-0.15, -0.1) is 11.3 Å². The molecular formula is C35H32N6O5S. The van der Waals surface area contributed by atoms with E-state index in [4.69, 9.17) is 9.47 Å². The second kappa shape index (κ2) is 12.4. The molecule has 238 valence electrons. The van der Waals surface area contributed by atoms with Crippen LogP contribution in [0, 0.1) is 24.2 Å². The van der Waals surface area contributed by atoms with Gasteiger partial charge in [-0.1, -0.05) is 18.2 Å². The number of nitriles is 1. The number of carbonyl (C=O) groups is 3. The monoisotopic (exact) mass is 648 g/mol. The van der Waals surface area contributed by atoms with Crippen molar-refractivity contribution in [3.8, 4) is 23.3 Å². The lowest BCUT2D eigenvalue weighted by molar-refractivity contribution is -0.128. The van der Waals surface area contributed by atoms with Gasteiger partial charge in [0, 0.05) is 25.3 Å². The molecule has 12 heteroatoms. The number of nitrogens with zero attached hydrogens (tertiary/aromatic N) is 4. The van der Waals surface area contributed by atoms with Crippen molar-refractivity contribution in [2.24, 2.45) is 5.92 Å². The molecule has 1 aliphatic carbocycles. The standard InChI is InChI=1S/C35H32N6O5S/c1-20-16-24(46-28-8-4-3-7-27(28)45-2)11-12-25(20)41-26-13-14-37-33-29(26)30(39-35(41)44)31(47-33)32(42)38-23-6-5-15-40(19-23)34(43)22(18-36)17-21-9-10-21/h3-4,7-8,11-14,16-17,21,23H,5-6,9-10,15,19H2,1-2H3,(H,38,42)(H,39,44)/b22-17+. The van der Waals surface area contributed by atoms with E-state index in [2.05, 4.69) is 21.7 Å². The first-order valence-electron chi connectivity index (χ1n) is 15.5. The van der Waals surface area contributed by atoms with Crippen LogP contribution in [0.3, 0.4) is 0 Å². The highest BCUT2D eigenvalue weighted by Gasteiger charge is 2.35. The Balaban J connectivity index is 1.12. The molecule has 2 N–H and O–H groups in total. The Hall–Kier alpha value is -5.41. The fourth-order valence-corrected chi connectivity index (χ4v) is 7.13. The Labute approximate surface area is 275 Å². The number of nitrogens with one attached hydrogen (secondary N) is 2. The van der Waals surface area contributed by atoms with Crippen LogP contribution in [0.1, 0.15) is 40.9 Å². The van der Waals surface area contributed by atoms with Crippen molar-refractivity contribution in [3.63, 3.8) is 0 Å². The zero-order valence-corrected chi connectivity index (χ0v) is 26.7. The lowest BCUT2D eigenvalue weighted by Gasteiger charge is -2.33. The van der Waals surface area contributed by atoms with E-state index >= 15 is 0 Å². The SMILES string of the molecule is COc1ccccc1Oc1ccc(N2C(=O)Nc3c(C(=O)NC4CCCN(C(=O)/C(C#N)=C/C5CC5)C4)sc4nccc2c34)c(C)c1. The van der Waals surface area contributed by atoms with E-state index in [9.17, 15) is 19.6 Å². The normalized spacial score (nSPS) is 17.6. The second-order valence-corrected chi connectivity index (χ2v) is 12.9. The minimum Gasteiger partial charge on any atom is -0.493 e. The summed E-state index contributed by atoms with van der Waals surface area (Å²) in [7, 11) is 1.59. The number of pyridine rings is 1. The maximum atomic E-state index is 13.7. The van der Waals surface area contributed by atoms with Crippen LogP contribution in [0.15, 0.2) is 66.4 Å². The number of aromatic nitrogens is 1. The van der Waals surface area contributed by atoms with Crippen LogP contribution in [0.25, 0.3) is 10.2 Å². The van der Waals surface area contributed by atoms with Crippen LogP contribution in [-0.2, 0) is 4.79 Å². The third kappa shape index (κ3) is 5.86. The summed E-state index contributed by atoms with van der Waals surface area (Å²) in [6.07, 6.45) is 6.82. The number of piperidine rings is 1. The summed E-state index contributed by atoms with van der Waals surface area (Å²) in [5.41, 5.74) is 2.67. The Morgan fingerprint density at radius 3 is 2.68 bits per heavy atom. The lowest BCUT2D eigenvalue weighted by Crippen LogP contribution is -2.50. The number of methoxy groups -OCH3 is 1. The van der Waals surface area contributed by atoms with Gasteiger partial charge in [-0.2, -0.15) is 5.26 Å². The van der Waals surface area contributed by atoms with Crippen LogP contribution in [0.5, 0.6) is 17.2 Å². The molecule has 11 nitrogen and oxygen atoms in total. The second-order valence-electron chi connectivity index (χ2n) is 11.9. The van der Waals surface area contributed by atoms with Crippen LogP contribution in [0.2, 0.25) is 0 Å². The molecule has 4 aromatic rings. The van der Waals surface area contributed by atoms with Crippen molar-refractivity contribution in [1.82, 2.24) is 15.2 Å². The maximum Gasteiger partial charge on any atom is 0.331 e. The van der Waals surface area contributed by atoms with E-state index < -0.39 is 6.03 Å². The molecule has 4 amide bonds. The number of hydrogen-bond donors (Lipinski definition) is 2. The van der Waals surface area contributed by atoms with E-state index in [1.807, 2.05) is 43.3 Å². The number of benzene rings is 2. The van der Waals surface area contributed by atoms with E-state index in [0.717, 1.165) is 18.4 Å². The fraction of sp³-hybridized carbons (Fsp3) is 0.286. The summed E-state index contributed by atoms with van der Waals surface area (Å²) in [6.45, 7) is 2.75. The Morgan fingerprint density at radius 1 is 1.13 bits per heavy atom. The molecule has 1 unspecified atom stereocenters. The summed E-state index contributed by atoms with van der Waals surface area (Å²) >= 11 is 1.21. The van der Waals surface area contributed by atoms with E-state index in [-0.39, 0.29) is 23.4 Å². The highest BCUT2D eigenvalue weighted by atomic mass is 32.1. The van der Waals surface area contributed by atoms with Gasteiger partial charge in [-0.3, -0.25) is 14.5 Å². The zero-order valence-electron chi connectivity index (χ0n) is 25.9. The highest BCUT2D eigenvalue weighted by molar-refractivity contribution is 7.21. The Bertz CT molecular complexity index is 1990. The summed E-state index contributed by atoms with van der Waals surface area (Å²) < 4.78 is 11.5. The molecule has 0 spiro atoms. The number of anilines is 3. The predicted molar refractivity (Wildman–Crippen MR) is 179 cm³/mol. The molecular weight excluding hydrogens is 616 g/mol. The molecule has 2 fully saturated rings. The number of rotatable bonds is 8. The average molecular weight is 649 g/mol. The third-order valence-corrected chi connectivity index (χ3v) is 9.67. The summed E-state index contributed by atoms with van der Waals surface area (Å²) in [6, 6.07) is 16.0. The average Bonchev–Trinajstić information content (AvgIpc) is 3.83. The van der Waals surface area contributed by atoms with Gasteiger partial charge in [0.2, 0.25) is 0 Å². The number of urea groups is 1.